The Kier molecular flexibility index (Phi) is 18.4. The van der Waals surface area contributed by atoms with E-state index >= 15 is 0 Å². The van der Waals surface area contributed by atoms with Crippen molar-refractivity contribution < 1.29 is 5.11 Å². The molecule has 0 aliphatic rings. The minimum absolute atomic E-state index is 0.182. The molecule has 0 saturated carbocycles. The predicted octanol–water partition coefficient (Wildman–Crippen LogP) is 6.65. The fourth-order valence-corrected chi connectivity index (χ4v) is 2.99. The van der Waals surface area contributed by atoms with Crippen LogP contribution in [-0.2, 0) is 0 Å². The highest BCUT2D eigenvalue weighted by molar-refractivity contribution is 5.52. The lowest BCUT2D eigenvalue weighted by molar-refractivity contribution is 0.153. The first-order valence-corrected chi connectivity index (χ1v) is 9.98. The third kappa shape index (κ3) is 17.7. The summed E-state index contributed by atoms with van der Waals surface area (Å²) in [5, 5.41) is 16.6. The van der Waals surface area contributed by atoms with E-state index in [4.69, 9.17) is 5.41 Å². The molecule has 1 atom stereocenters. The quantitative estimate of drug-likeness (QED) is 0.216. The number of hydrogen-bond donors (Lipinski definition) is 2. The molecule has 0 aromatic rings. The van der Waals surface area contributed by atoms with E-state index < -0.39 is 0 Å². The Morgan fingerprint density at radius 2 is 1.09 bits per heavy atom. The maximum Gasteiger partial charge on any atom is 0.0543 e. The largest absolute Gasteiger partial charge is 0.393 e. The molecule has 0 radical (unpaired) electrons. The molecule has 0 amide bonds. The average molecular weight is 312 g/mol. The second-order valence-electron chi connectivity index (χ2n) is 6.82. The van der Waals surface area contributed by atoms with Crippen molar-refractivity contribution in [2.45, 2.75) is 122 Å². The topological polar surface area (TPSA) is 44.1 Å². The highest BCUT2D eigenvalue weighted by atomic mass is 16.3. The zero-order valence-corrected chi connectivity index (χ0v) is 15.1. The fraction of sp³-hybridized carbons (Fsp3) is 0.950. The molecule has 1 unspecified atom stereocenters. The Hall–Kier alpha value is -0.370. The van der Waals surface area contributed by atoms with Gasteiger partial charge < -0.3 is 10.5 Å². The van der Waals surface area contributed by atoms with E-state index in [2.05, 4.69) is 6.92 Å². The molecule has 0 saturated heterocycles. The summed E-state index contributed by atoms with van der Waals surface area (Å²) < 4.78 is 0. The van der Waals surface area contributed by atoms with Crippen molar-refractivity contribution in [2.75, 3.05) is 0 Å². The van der Waals surface area contributed by atoms with Crippen LogP contribution in [0.4, 0.5) is 0 Å². The summed E-state index contributed by atoms with van der Waals surface area (Å²) in [6, 6.07) is 0. The smallest absolute Gasteiger partial charge is 0.0543 e. The van der Waals surface area contributed by atoms with Crippen molar-refractivity contribution in [3.8, 4) is 0 Å². The first kappa shape index (κ1) is 21.6. The molecule has 0 bridgehead atoms. The third-order valence-corrected chi connectivity index (χ3v) is 4.54. The second-order valence-corrected chi connectivity index (χ2v) is 6.82. The van der Waals surface area contributed by atoms with Crippen molar-refractivity contribution in [1.29, 1.82) is 5.41 Å². The van der Waals surface area contributed by atoms with Gasteiger partial charge in [-0.2, -0.15) is 0 Å². The first-order chi connectivity index (χ1) is 10.8. The Labute approximate surface area is 139 Å². The SMILES string of the molecule is CCCCCCCCCCCCCCCCC(O)CCC=N. The van der Waals surface area contributed by atoms with E-state index in [-0.39, 0.29) is 6.10 Å². The van der Waals surface area contributed by atoms with E-state index in [0.717, 1.165) is 25.7 Å². The molecule has 2 nitrogen and oxygen atoms in total. The van der Waals surface area contributed by atoms with E-state index in [1.165, 1.54) is 89.7 Å². The zero-order valence-electron chi connectivity index (χ0n) is 15.1. The van der Waals surface area contributed by atoms with Gasteiger partial charge in [-0.05, 0) is 25.5 Å². The molecule has 0 aliphatic heterocycles. The van der Waals surface area contributed by atoms with E-state index in [1.54, 1.807) is 0 Å². The van der Waals surface area contributed by atoms with E-state index in [9.17, 15) is 5.11 Å². The van der Waals surface area contributed by atoms with Crippen LogP contribution in [-0.4, -0.2) is 17.4 Å². The summed E-state index contributed by atoms with van der Waals surface area (Å²) in [7, 11) is 0. The number of unbranched alkanes of at least 4 members (excludes halogenated alkanes) is 13. The van der Waals surface area contributed by atoms with Crippen molar-refractivity contribution in [1.82, 2.24) is 0 Å². The van der Waals surface area contributed by atoms with Crippen LogP contribution >= 0.6 is 0 Å². The van der Waals surface area contributed by atoms with Crippen LogP contribution in [0.5, 0.6) is 0 Å². The number of nitrogens with one attached hydrogen (secondary N) is 1. The minimum atomic E-state index is -0.182. The summed E-state index contributed by atoms with van der Waals surface area (Å²) in [5.74, 6) is 0. The fourth-order valence-electron chi connectivity index (χ4n) is 2.99. The highest BCUT2D eigenvalue weighted by Crippen LogP contribution is 2.14. The van der Waals surface area contributed by atoms with Crippen LogP contribution in [0.3, 0.4) is 0 Å². The van der Waals surface area contributed by atoms with Gasteiger partial charge in [-0.1, -0.05) is 96.8 Å². The predicted molar refractivity (Wildman–Crippen MR) is 99.0 cm³/mol. The van der Waals surface area contributed by atoms with Crippen molar-refractivity contribution in [3.05, 3.63) is 0 Å². The molecule has 0 fully saturated rings. The standard InChI is InChI=1S/C20H41NO/c1-2-3-4-5-6-7-8-9-10-11-12-13-14-15-17-20(22)18-16-19-21/h19-22H,2-18H2,1H3. The summed E-state index contributed by atoms with van der Waals surface area (Å²) >= 11 is 0. The monoisotopic (exact) mass is 311 g/mol. The van der Waals surface area contributed by atoms with Crippen LogP contribution in [0.1, 0.15) is 116 Å². The van der Waals surface area contributed by atoms with Gasteiger partial charge in [-0.3, -0.25) is 0 Å². The van der Waals surface area contributed by atoms with Gasteiger partial charge in [0.25, 0.3) is 0 Å². The van der Waals surface area contributed by atoms with Gasteiger partial charge in [0.15, 0.2) is 0 Å². The molecule has 0 heterocycles. The van der Waals surface area contributed by atoms with Gasteiger partial charge in [0.2, 0.25) is 0 Å². The number of aliphatic hydroxyl groups excluding tert-OH is 1. The first-order valence-electron chi connectivity index (χ1n) is 9.98. The molecule has 0 spiro atoms. The molecule has 2 heteroatoms. The Bertz CT molecular complexity index is 218. The summed E-state index contributed by atoms with van der Waals surface area (Å²) in [6.07, 6.45) is 22.9. The molecule has 22 heavy (non-hydrogen) atoms. The van der Waals surface area contributed by atoms with Gasteiger partial charge in [-0.25, -0.2) is 0 Å². The molecule has 0 aromatic carbocycles. The molecular weight excluding hydrogens is 270 g/mol. The van der Waals surface area contributed by atoms with Crippen molar-refractivity contribution >= 4 is 6.21 Å². The van der Waals surface area contributed by atoms with E-state index in [0.29, 0.717) is 0 Å². The van der Waals surface area contributed by atoms with Crippen LogP contribution in [0.2, 0.25) is 0 Å². The maximum atomic E-state index is 9.67. The Morgan fingerprint density at radius 1 is 0.682 bits per heavy atom. The highest BCUT2D eigenvalue weighted by Gasteiger charge is 2.02. The number of aliphatic hydroxyl groups is 1. The normalized spacial score (nSPS) is 12.5. The number of hydrogen-bond acceptors (Lipinski definition) is 2. The molecule has 132 valence electrons. The second kappa shape index (κ2) is 18.7. The van der Waals surface area contributed by atoms with Gasteiger partial charge in [0, 0.05) is 0 Å². The van der Waals surface area contributed by atoms with Gasteiger partial charge in [-0.15, -0.1) is 0 Å². The molecule has 0 aromatic heterocycles. The lowest BCUT2D eigenvalue weighted by Gasteiger charge is -2.08. The average Bonchev–Trinajstić information content (AvgIpc) is 2.53. The Morgan fingerprint density at radius 3 is 1.50 bits per heavy atom. The van der Waals surface area contributed by atoms with Gasteiger partial charge >= 0.3 is 0 Å². The van der Waals surface area contributed by atoms with Crippen LogP contribution in [0, 0.1) is 5.41 Å². The van der Waals surface area contributed by atoms with E-state index in [1.807, 2.05) is 0 Å². The molecule has 0 aliphatic carbocycles. The molecular formula is C20H41NO. The lowest BCUT2D eigenvalue weighted by atomic mass is 10.0. The molecule has 2 N–H and O–H groups in total. The summed E-state index contributed by atoms with van der Waals surface area (Å²) in [6.45, 7) is 2.28. The number of rotatable bonds is 18. The maximum absolute atomic E-state index is 9.67. The Balaban J connectivity index is 3.03. The van der Waals surface area contributed by atoms with Crippen LogP contribution in [0.25, 0.3) is 0 Å². The third-order valence-electron chi connectivity index (χ3n) is 4.54. The zero-order chi connectivity index (χ0) is 16.3. The van der Waals surface area contributed by atoms with Crippen molar-refractivity contribution in [2.24, 2.45) is 0 Å². The lowest BCUT2D eigenvalue weighted by Crippen LogP contribution is -2.05. The van der Waals surface area contributed by atoms with Crippen molar-refractivity contribution in [3.63, 3.8) is 0 Å². The summed E-state index contributed by atoms with van der Waals surface area (Å²) in [5.41, 5.74) is 0. The summed E-state index contributed by atoms with van der Waals surface area (Å²) in [4.78, 5) is 0. The molecule has 0 rings (SSSR count). The van der Waals surface area contributed by atoms with Crippen LogP contribution < -0.4 is 0 Å². The van der Waals surface area contributed by atoms with Gasteiger partial charge in [0.05, 0.1) is 6.10 Å². The van der Waals surface area contributed by atoms with Gasteiger partial charge in [0.1, 0.15) is 0 Å². The minimum Gasteiger partial charge on any atom is -0.393 e. The van der Waals surface area contributed by atoms with Crippen LogP contribution in [0.15, 0.2) is 0 Å².